The number of para-hydroxylation sites is 2. The van der Waals surface area contributed by atoms with Crippen molar-refractivity contribution in [2.45, 2.75) is 0 Å². The zero-order chi connectivity index (χ0) is 14.7. The molecule has 21 heavy (non-hydrogen) atoms. The predicted molar refractivity (Wildman–Crippen MR) is 82.6 cm³/mol. The lowest BCUT2D eigenvalue weighted by Crippen LogP contribution is -1.86. The first-order valence-corrected chi connectivity index (χ1v) is 6.51. The van der Waals surface area contributed by atoms with Gasteiger partial charge in [-0.2, -0.15) is 5.26 Å². The number of allylic oxidation sites excluding steroid dienone is 1. The number of imidazole rings is 1. The standard InChI is InChI=1S/C17H13N3O/c1-21-14-6-4-5-12(10-14)9-13(11-18)17-19-15-7-2-3-8-16(15)20-17/h2-10H,1H3,(H,19,20)/b13-9-. The van der Waals surface area contributed by atoms with Gasteiger partial charge in [-0.3, -0.25) is 0 Å². The van der Waals surface area contributed by atoms with E-state index in [1.54, 1.807) is 13.2 Å². The van der Waals surface area contributed by atoms with E-state index in [0.717, 1.165) is 22.3 Å². The van der Waals surface area contributed by atoms with Gasteiger partial charge in [0.05, 0.1) is 23.7 Å². The Bertz CT molecular complexity index is 823. The number of aromatic amines is 1. The molecule has 2 aromatic carbocycles. The lowest BCUT2D eigenvalue weighted by atomic mass is 10.1. The minimum Gasteiger partial charge on any atom is -0.497 e. The maximum absolute atomic E-state index is 9.38. The summed E-state index contributed by atoms with van der Waals surface area (Å²) in [6.07, 6.45) is 1.79. The fourth-order valence-electron chi connectivity index (χ4n) is 2.13. The van der Waals surface area contributed by atoms with Gasteiger partial charge < -0.3 is 9.72 Å². The third kappa shape index (κ3) is 2.63. The van der Waals surface area contributed by atoms with E-state index in [4.69, 9.17) is 4.74 Å². The van der Waals surface area contributed by atoms with E-state index < -0.39 is 0 Å². The summed E-state index contributed by atoms with van der Waals surface area (Å²) in [5, 5.41) is 9.38. The van der Waals surface area contributed by atoms with Crippen LogP contribution in [0.3, 0.4) is 0 Å². The first-order valence-electron chi connectivity index (χ1n) is 6.51. The molecule has 0 aliphatic carbocycles. The molecule has 1 N–H and O–H groups in total. The molecule has 3 rings (SSSR count). The molecule has 0 fully saturated rings. The Hall–Kier alpha value is -3.06. The fourth-order valence-corrected chi connectivity index (χ4v) is 2.13. The first-order chi connectivity index (χ1) is 10.3. The van der Waals surface area contributed by atoms with Crippen LogP contribution in [0.5, 0.6) is 5.75 Å². The van der Waals surface area contributed by atoms with Crippen LogP contribution in [0.15, 0.2) is 48.5 Å². The highest BCUT2D eigenvalue weighted by molar-refractivity contribution is 5.90. The van der Waals surface area contributed by atoms with Gasteiger partial charge in [0.25, 0.3) is 0 Å². The van der Waals surface area contributed by atoms with Crippen LogP contribution in [0.2, 0.25) is 0 Å². The van der Waals surface area contributed by atoms with Gasteiger partial charge in [0, 0.05) is 0 Å². The number of methoxy groups -OCH3 is 1. The van der Waals surface area contributed by atoms with Crippen LogP contribution in [-0.2, 0) is 0 Å². The number of nitrogens with one attached hydrogen (secondary N) is 1. The Morgan fingerprint density at radius 3 is 2.86 bits per heavy atom. The molecule has 0 aliphatic heterocycles. The fraction of sp³-hybridized carbons (Fsp3) is 0.0588. The molecule has 1 aromatic heterocycles. The van der Waals surface area contributed by atoms with Gasteiger partial charge in [0.15, 0.2) is 0 Å². The van der Waals surface area contributed by atoms with Crippen molar-refractivity contribution in [3.63, 3.8) is 0 Å². The zero-order valence-electron chi connectivity index (χ0n) is 11.5. The number of ether oxygens (including phenoxy) is 1. The highest BCUT2D eigenvalue weighted by Crippen LogP contribution is 2.21. The van der Waals surface area contributed by atoms with E-state index in [-0.39, 0.29) is 0 Å². The normalized spacial score (nSPS) is 11.3. The molecule has 102 valence electrons. The largest absolute Gasteiger partial charge is 0.497 e. The smallest absolute Gasteiger partial charge is 0.149 e. The molecule has 0 spiro atoms. The maximum atomic E-state index is 9.38. The van der Waals surface area contributed by atoms with E-state index in [0.29, 0.717) is 11.4 Å². The van der Waals surface area contributed by atoms with E-state index >= 15 is 0 Å². The summed E-state index contributed by atoms with van der Waals surface area (Å²) in [5.74, 6) is 1.33. The van der Waals surface area contributed by atoms with Crippen molar-refractivity contribution < 1.29 is 4.74 Å². The minimum atomic E-state index is 0.486. The summed E-state index contributed by atoms with van der Waals surface area (Å²) in [5.41, 5.74) is 3.14. The van der Waals surface area contributed by atoms with Crippen molar-refractivity contribution in [1.29, 1.82) is 5.26 Å². The second kappa shape index (κ2) is 5.51. The van der Waals surface area contributed by atoms with E-state index in [1.165, 1.54) is 0 Å². The van der Waals surface area contributed by atoms with Crippen molar-refractivity contribution in [2.24, 2.45) is 0 Å². The molecule has 0 radical (unpaired) electrons. The van der Waals surface area contributed by atoms with Crippen LogP contribution in [0.25, 0.3) is 22.7 Å². The molecular formula is C17H13N3O. The van der Waals surface area contributed by atoms with Crippen molar-refractivity contribution in [3.8, 4) is 11.8 Å². The molecule has 0 saturated carbocycles. The number of nitriles is 1. The SMILES string of the molecule is COc1cccc(/C=C(/C#N)c2nc3ccccc3[nH]2)c1. The molecule has 0 atom stereocenters. The summed E-state index contributed by atoms with van der Waals surface area (Å²) in [6, 6.07) is 17.4. The van der Waals surface area contributed by atoms with Crippen LogP contribution in [0.1, 0.15) is 11.4 Å². The number of hydrogen-bond donors (Lipinski definition) is 1. The lowest BCUT2D eigenvalue weighted by Gasteiger charge is -2.00. The van der Waals surface area contributed by atoms with E-state index in [2.05, 4.69) is 16.0 Å². The minimum absolute atomic E-state index is 0.486. The third-order valence-corrected chi connectivity index (χ3v) is 3.17. The number of fused-ring (bicyclic) bond motifs is 1. The monoisotopic (exact) mass is 275 g/mol. The van der Waals surface area contributed by atoms with Crippen molar-refractivity contribution >= 4 is 22.7 Å². The Morgan fingerprint density at radius 2 is 2.10 bits per heavy atom. The molecule has 4 nitrogen and oxygen atoms in total. The Labute approximate surface area is 122 Å². The second-order valence-electron chi connectivity index (χ2n) is 4.55. The van der Waals surface area contributed by atoms with Gasteiger partial charge in [0.1, 0.15) is 17.6 Å². The van der Waals surface area contributed by atoms with Crippen LogP contribution in [0, 0.1) is 11.3 Å². The van der Waals surface area contributed by atoms with Crippen LogP contribution >= 0.6 is 0 Å². The molecule has 0 unspecified atom stereocenters. The van der Waals surface area contributed by atoms with Gasteiger partial charge in [-0.05, 0) is 35.9 Å². The highest BCUT2D eigenvalue weighted by atomic mass is 16.5. The molecule has 0 aliphatic rings. The van der Waals surface area contributed by atoms with Crippen LogP contribution in [0.4, 0.5) is 0 Å². The van der Waals surface area contributed by atoms with Crippen molar-refractivity contribution in [2.75, 3.05) is 7.11 Å². The Balaban J connectivity index is 2.04. The zero-order valence-corrected chi connectivity index (χ0v) is 11.5. The van der Waals surface area contributed by atoms with Crippen molar-refractivity contribution in [3.05, 3.63) is 59.9 Å². The van der Waals surface area contributed by atoms with E-state index in [1.807, 2.05) is 48.5 Å². The summed E-state index contributed by atoms with van der Waals surface area (Å²) in [4.78, 5) is 7.61. The van der Waals surface area contributed by atoms with Gasteiger partial charge in [-0.15, -0.1) is 0 Å². The maximum Gasteiger partial charge on any atom is 0.149 e. The molecule has 0 amide bonds. The number of nitrogens with zero attached hydrogens (tertiary/aromatic N) is 2. The second-order valence-corrected chi connectivity index (χ2v) is 4.55. The van der Waals surface area contributed by atoms with Gasteiger partial charge >= 0.3 is 0 Å². The van der Waals surface area contributed by atoms with E-state index in [9.17, 15) is 5.26 Å². The summed E-state index contributed by atoms with van der Waals surface area (Å²) in [7, 11) is 1.62. The lowest BCUT2D eigenvalue weighted by molar-refractivity contribution is 0.414. The van der Waals surface area contributed by atoms with Crippen LogP contribution < -0.4 is 4.74 Å². The molecule has 1 heterocycles. The number of aromatic nitrogens is 2. The third-order valence-electron chi connectivity index (χ3n) is 3.17. The Kier molecular flexibility index (Phi) is 3.40. The number of benzene rings is 2. The summed E-state index contributed by atoms with van der Waals surface area (Å²) in [6.45, 7) is 0. The highest BCUT2D eigenvalue weighted by Gasteiger charge is 2.07. The quantitative estimate of drug-likeness (QED) is 0.742. The summed E-state index contributed by atoms with van der Waals surface area (Å²) >= 11 is 0. The topological polar surface area (TPSA) is 61.7 Å². The van der Waals surface area contributed by atoms with Crippen molar-refractivity contribution in [1.82, 2.24) is 9.97 Å². The first kappa shape index (κ1) is 12.9. The molecule has 0 bridgehead atoms. The molecule has 0 saturated heterocycles. The van der Waals surface area contributed by atoms with Crippen LogP contribution in [-0.4, -0.2) is 17.1 Å². The number of rotatable bonds is 3. The number of hydrogen-bond acceptors (Lipinski definition) is 3. The Morgan fingerprint density at radius 1 is 1.24 bits per heavy atom. The molecular weight excluding hydrogens is 262 g/mol. The van der Waals surface area contributed by atoms with Gasteiger partial charge in [-0.1, -0.05) is 24.3 Å². The average molecular weight is 275 g/mol. The average Bonchev–Trinajstić information content (AvgIpc) is 2.96. The molecule has 3 aromatic rings. The predicted octanol–water partition coefficient (Wildman–Crippen LogP) is 3.64. The van der Waals surface area contributed by atoms with Gasteiger partial charge in [0.2, 0.25) is 0 Å². The molecule has 4 heteroatoms. The summed E-state index contributed by atoms with van der Waals surface area (Å²) < 4.78 is 5.19. The number of H-pyrrole nitrogens is 1. The van der Waals surface area contributed by atoms with Gasteiger partial charge in [-0.25, -0.2) is 4.98 Å².